The van der Waals surface area contributed by atoms with E-state index in [-0.39, 0.29) is 22.3 Å². The van der Waals surface area contributed by atoms with Crippen molar-refractivity contribution in [1.29, 1.82) is 0 Å². The second kappa shape index (κ2) is 7.02. The maximum atomic E-state index is 12.9. The first-order valence-corrected chi connectivity index (χ1v) is 8.23. The van der Waals surface area contributed by atoms with Crippen LogP contribution in [0.15, 0.2) is 30.6 Å². The molecule has 1 aromatic carbocycles. The SMILES string of the molecule is CCCCN1C(=O)c2c(Cl)ncnc2NC1c1ccc([N+](=O)[O-])cc1. The zero-order chi connectivity index (χ0) is 18.0. The van der Waals surface area contributed by atoms with Crippen LogP contribution in [-0.2, 0) is 0 Å². The molecule has 0 spiro atoms. The Kier molecular flexibility index (Phi) is 4.80. The summed E-state index contributed by atoms with van der Waals surface area (Å²) in [4.78, 5) is 32.9. The van der Waals surface area contributed by atoms with Gasteiger partial charge in [0.25, 0.3) is 11.6 Å². The number of hydrogen-bond acceptors (Lipinski definition) is 6. The summed E-state index contributed by atoms with van der Waals surface area (Å²) in [5, 5.41) is 14.1. The highest BCUT2D eigenvalue weighted by atomic mass is 35.5. The van der Waals surface area contributed by atoms with Crippen molar-refractivity contribution in [3.63, 3.8) is 0 Å². The van der Waals surface area contributed by atoms with Gasteiger partial charge in [-0.25, -0.2) is 9.97 Å². The van der Waals surface area contributed by atoms with Gasteiger partial charge in [0.1, 0.15) is 29.0 Å². The van der Waals surface area contributed by atoms with Crippen molar-refractivity contribution in [2.24, 2.45) is 0 Å². The largest absolute Gasteiger partial charge is 0.345 e. The van der Waals surface area contributed by atoms with Crippen molar-refractivity contribution in [3.05, 3.63) is 57.0 Å². The Balaban J connectivity index is 2.00. The highest BCUT2D eigenvalue weighted by molar-refractivity contribution is 6.33. The fraction of sp³-hybridized carbons (Fsp3) is 0.312. The predicted octanol–water partition coefficient (Wildman–Crippen LogP) is 3.40. The molecule has 1 aliphatic rings. The van der Waals surface area contributed by atoms with Crippen molar-refractivity contribution in [2.45, 2.75) is 25.9 Å². The number of carbonyl (C=O) groups is 1. The summed E-state index contributed by atoms with van der Waals surface area (Å²) in [7, 11) is 0. The van der Waals surface area contributed by atoms with Gasteiger partial charge in [-0.2, -0.15) is 0 Å². The van der Waals surface area contributed by atoms with Crippen molar-refractivity contribution in [2.75, 3.05) is 11.9 Å². The molecule has 1 atom stereocenters. The van der Waals surface area contributed by atoms with Crippen molar-refractivity contribution >= 4 is 29.0 Å². The molecule has 2 heterocycles. The van der Waals surface area contributed by atoms with E-state index in [4.69, 9.17) is 11.6 Å². The van der Waals surface area contributed by atoms with Gasteiger partial charge in [-0.05, 0) is 24.1 Å². The Hall–Kier alpha value is -2.74. The average Bonchev–Trinajstić information content (AvgIpc) is 2.60. The van der Waals surface area contributed by atoms with Crippen LogP contribution >= 0.6 is 11.6 Å². The third-order valence-electron chi connectivity index (χ3n) is 4.03. The molecule has 130 valence electrons. The monoisotopic (exact) mass is 361 g/mol. The number of nitro groups is 1. The van der Waals surface area contributed by atoms with Crippen LogP contribution < -0.4 is 5.32 Å². The van der Waals surface area contributed by atoms with Crippen molar-refractivity contribution in [1.82, 2.24) is 14.9 Å². The lowest BCUT2D eigenvalue weighted by atomic mass is 10.1. The van der Waals surface area contributed by atoms with Gasteiger partial charge >= 0.3 is 0 Å². The number of carbonyl (C=O) groups excluding carboxylic acids is 1. The molecule has 0 fully saturated rings. The molecule has 25 heavy (non-hydrogen) atoms. The van der Waals surface area contributed by atoms with Crippen LogP contribution in [0, 0.1) is 10.1 Å². The smallest absolute Gasteiger partial charge is 0.269 e. The van der Waals surface area contributed by atoms with Crippen LogP contribution in [0.1, 0.15) is 41.9 Å². The topological polar surface area (TPSA) is 101 Å². The van der Waals surface area contributed by atoms with E-state index >= 15 is 0 Å². The van der Waals surface area contributed by atoms with Gasteiger partial charge in [0.05, 0.1) is 4.92 Å². The Bertz CT molecular complexity index is 812. The van der Waals surface area contributed by atoms with E-state index in [0.29, 0.717) is 12.4 Å². The number of unbranched alkanes of at least 4 members (excludes halogenated alkanes) is 1. The molecule has 0 bridgehead atoms. The number of nitrogens with zero attached hydrogens (tertiary/aromatic N) is 4. The minimum atomic E-state index is -0.474. The third kappa shape index (κ3) is 3.25. The van der Waals surface area contributed by atoms with Gasteiger partial charge in [-0.15, -0.1) is 0 Å². The van der Waals surface area contributed by atoms with Crippen LogP contribution in [-0.4, -0.2) is 32.2 Å². The van der Waals surface area contributed by atoms with Gasteiger partial charge < -0.3 is 10.2 Å². The number of hydrogen-bond donors (Lipinski definition) is 1. The Morgan fingerprint density at radius 3 is 2.68 bits per heavy atom. The molecular weight excluding hydrogens is 346 g/mol. The molecule has 8 nitrogen and oxygen atoms in total. The standard InChI is InChI=1S/C16H16ClN5O3/c1-2-3-8-21-15(10-4-6-11(7-5-10)22(24)25)20-14-12(16(21)23)13(17)18-9-19-14/h4-7,9,15H,2-3,8H2,1H3,(H,18,19,20). The van der Waals surface area contributed by atoms with E-state index in [9.17, 15) is 14.9 Å². The summed E-state index contributed by atoms with van der Waals surface area (Å²) >= 11 is 6.07. The van der Waals surface area contributed by atoms with Gasteiger partial charge in [-0.3, -0.25) is 14.9 Å². The maximum Gasteiger partial charge on any atom is 0.269 e. The number of non-ortho nitro benzene ring substituents is 1. The van der Waals surface area contributed by atoms with E-state index in [2.05, 4.69) is 15.3 Å². The Morgan fingerprint density at radius 2 is 2.04 bits per heavy atom. The number of fused-ring (bicyclic) bond motifs is 1. The van der Waals surface area contributed by atoms with Gasteiger partial charge in [0.2, 0.25) is 0 Å². The van der Waals surface area contributed by atoms with Crippen LogP contribution in [0.3, 0.4) is 0 Å². The van der Waals surface area contributed by atoms with Crippen LogP contribution in [0.25, 0.3) is 0 Å². The van der Waals surface area contributed by atoms with E-state index in [1.165, 1.54) is 18.5 Å². The van der Waals surface area contributed by atoms with E-state index in [1.54, 1.807) is 17.0 Å². The van der Waals surface area contributed by atoms with Crippen LogP contribution in [0.5, 0.6) is 0 Å². The number of nitrogens with one attached hydrogen (secondary N) is 1. The lowest BCUT2D eigenvalue weighted by molar-refractivity contribution is -0.384. The first-order valence-electron chi connectivity index (χ1n) is 7.85. The number of amides is 1. The van der Waals surface area contributed by atoms with E-state index < -0.39 is 11.1 Å². The zero-order valence-corrected chi connectivity index (χ0v) is 14.2. The van der Waals surface area contributed by atoms with Gasteiger partial charge in [0, 0.05) is 18.7 Å². The van der Waals surface area contributed by atoms with Crippen LogP contribution in [0.4, 0.5) is 11.5 Å². The molecule has 1 N–H and O–H groups in total. The molecule has 1 amide bonds. The second-order valence-corrected chi connectivity index (χ2v) is 5.99. The molecule has 9 heteroatoms. The predicted molar refractivity (Wildman–Crippen MR) is 92.4 cm³/mol. The first-order chi connectivity index (χ1) is 12.0. The molecule has 0 saturated carbocycles. The molecule has 2 aromatic rings. The summed E-state index contributed by atoms with van der Waals surface area (Å²) < 4.78 is 0. The number of nitro benzene ring substituents is 1. The molecule has 1 unspecified atom stereocenters. The summed E-state index contributed by atoms with van der Waals surface area (Å²) in [5.74, 6) is 0.109. The quantitative estimate of drug-likeness (QED) is 0.497. The van der Waals surface area contributed by atoms with Gasteiger partial charge in [-0.1, -0.05) is 24.9 Å². The lowest BCUT2D eigenvalue weighted by Crippen LogP contribution is -2.44. The molecule has 1 aromatic heterocycles. The molecule has 0 radical (unpaired) electrons. The molecule has 0 saturated heterocycles. The Labute approximate surface area is 149 Å². The normalized spacial score (nSPS) is 16.3. The second-order valence-electron chi connectivity index (χ2n) is 5.64. The zero-order valence-electron chi connectivity index (χ0n) is 13.5. The third-order valence-corrected chi connectivity index (χ3v) is 4.32. The minimum absolute atomic E-state index is 0.00300. The van der Waals surface area contributed by atoms with E-state index in [1.807, 2.05) is 6.92 Å². The van der Waals surface area contributed by atoms with Crippen LogP contribution in [0.2, 0.25) is 5.15 Å². The maximum absolute atomic E-state index is 12.9. The molecule has 1 aliphatic heterocycles. The fourth-order valence-corrected chi connectivity index (χ4v) is 2.95. The van der Waals surface area contributed by atoms with Crippen molar-refractivity contribution in [3.8, 4) is 0 Å². The summed E-state index contributed by atoms with van der Waals surface area (Å²) in [6.45, 7) is 2.56. The fourth-order valence-electron chi connectivity index (χ4n) is 2.73. The summed E-state index contributed by atoms with van der Waals surface area (Å²) in [6.07, 6.45) is 2.55. The number of aromatic nitrogens is 2. The van der Waals surface area contributed by atoms with E-state index in [0.717, 1.165) is 18.4 Å². The number of rotatable bonds is 5. The summed E-state index contributed by atoms with van der Waals surface area (Å²) in [6, 6.07) is 6.11. The number of halogens is 1. The average molecular weight is 362 g/mol. The molecular formula is C16H16ClN5O3. The first kappa shape index (κ1) is 17.1. The highest BCUT2D eigenvalue weighted by Crippen LogP contribution is 2.34. The number of anilines is 1. The Morgan fingerprint density at radius 1 is 1.32 bits per heavy atom. The lowest BCUT2D eigenvalue weighted by Gasteiger charge is -2.37. The highest BCUT2D eigenvalue weighted by Gasteiger charge is 2.35. The van der Waals surface area contributed by atoms with Gasteiger partial charge in [0.15, 0.2) is 0 Å². The summed E-state index contributed by atoms with van der Waals surface area (Å²) in [5.41, 5.74) is 0.977. The minimum Gasteiger partial charge on any atom is -0.345 e. The van der Waals surface area contributed by atoms with Crippen molar-refractivity contribution < 1.29 is 9.72 Å². The molecule has 3 rings (SSSR count). The molecule has 0 aliphatic carbocycles. The number of benzene rings is 1.